The van der Waals surface area contributed by atoms with Gasteiger partial charge in [-0.2, -0.15) is 0 Å². The van der Waals surface area contributed by atoms with Crippen LogP contribution in [0.1, 0.15) is 6.92 Å². The second-order valence-electron chi connectivity index (χ2n) is 5.68. The molecule has 0 aliphatic heterocycles. The van der Waals surface area contributed by atoms with Gasteiger partial charge in [-0.1, -0.05) is 29.1 Å². The van der Waals surface area contributed by atoms with E-state index in [0.29, 0.717) is 22.4 Å². The van der Waals surface area contributed by atoms with E-state index in [0.717, 1.165) is 11.1 Å². The predicted octanol–water partition coefficient (Wildman–Crippen LogP) is 2.73. The first kappa shape index (κ1) is 17.8. The lowest BCUT2D eigenvalue weighted by Gasteiger charge is -2.04. The van der Waals surface area contributed by atoms with Crippen molar-refractivity contribution in [1.29, 1.82) is 0 Å². The summed E-state index contributed by atoms with van der Waals surface area (Å²) in [7, 11) is -3.32. The standard InChI is InChI=1S/C18H15FN2O4S/c1-12(22)25-21-11-17(13-3-7-15(19)8-4-13)18(20-21)14-5-9-16(10-6-14)26(2,23)24/h3-11H,1-2H3. The third-order valence-corrected chi connectivity index (χ3v) is 4.75. The van der Waals surface area contributed by atoms with Gasteiger partial charge in [-0.3, -0.25) is 0 Å². The normalized spacial score (nSPS) is 11.3. The summed E-state index contributed by atoms with van der Waals surface area (Å²) < 4.78 is 36.4. The number of hydrogen-bond acceptors (Lipinski definition) is 5. The maximum absolute atomic E-state index is 13.2. The van der Waals surface area contributed by atoms with Crippen LogP contribution >= 0.6 is 0 Å². The number of carbonyl (C=O) groups excluding carboxylic acids is 1. The van der Waals surface area contributed by atoms with E-state index in [9.17, 15) is 17.6 Å². The zero-order valence-corrected chi connectivity index (χ0v) is 14.8. The number of aromatic nitrogens is 2. The van der Waals surface area contributed by atoms with E-state index in [1.165, 1.54) is 37.4 Å². The lowest BCUT2D eigenvalue weighted by Crippen LogP contribution is -2.16. The van der Waals surface area contributed by atoms with Crippen LogP contribution in [0, 0.1) is 5.82 Å². The quantitative estimate of drug-likeness (QED) is 0.702. The zero-order chi connectivity index (χ0) is 18.9. The van der Waals surface area contributed by atoms with E-state index < -0.39 is 15.8 Å². The molecule has 3 aromatic rings. The van der Waals surface area contributed by atoms with E-state index in [1.54, 1.807) is 24.3 Å². The molecule has 0 saturated heterocycles. The smallest absolute Gasteiger partial charge is 0.320 e. The first-order valence-corrected chi connectivity index (χ1v) is 9.48. The van der Waals surface area contributed by atoms with Gasteiger partial charge in [0.15, 0.2) is 9.84 Å². The zero-order valence-electron chi connectivity index (χ0n) is 14.0. The highest BCUT2D eigenvalue weighted by Crippen LogP contribution is 2.31. The molecule has 0 atom stereocenters. The number of rotatable bonds is 4. The number of sulfone groups is 1. The second-order valence-corrected chi connectivity index (χ2v) is 7.70. The van der Waals surface area contributed by atoms with Gasteiger partial charge >= 0.3 is 5.97 Å². The topological polar surface area (TPSA) is 78.3 Å². The first-order valence-electron chi connectivity index (χ1n) is 7.59. The molecule has 0 aliphatic rings. The van der Waals surface area contributed by atoms with Crippen LogP contribution in [0.25, 0.3) is 22.4 Å². The molecule has 0 bridgehead atoms. The summed E-state index contributed by atoms with van der Waals surface area (Å²) in [6.45, 7) is 1.25. The number of nitrogens with zero attached hydrogens (tertiary/aromatic N) is 2. The highest BCUT2D eigenvalue weighted by molar-refractivity contribution is 7.90. The van der Waals surface area contributed by atoms with Crippen LogP contribution < -0.4 is 4.84 Å². The summed E-state index contributed by atoms with van der Waals surface area (Å²) in [6.07, 6.45) is 2.63. The van der Waals surface area contributed by atoms with Crippen molar-refractivity contribution in [1.82, 2.24) is 9.94 Å². The van der Waals surface area contributed by atoms with Crippen molar-refractivity contribution in [2.24, 2.45) is 0 Å². The van der Waals surface area contributed by atoms with Gasteiger partial charge < -0.3 is 4.84 Å². The van der Waals surface area contributed by atoms with E-state index in [1.807, 2.05) is 0 Å². The van der Waals surface area contributed by atoms with Gasteiger partial charge in [0.1, 0.15) is 11.5 Å². The molecule has 8 heteroatoms. The average Bonchev–Trinajstić information content (AvgIpc) is 2.98. The fourth-order valence-corrected chi connectivity index (χ4v) is 3.08. The minimum absolute atomic E-state index is 0.184. The summed E-state index contributed by atoms with van der Waals surface area (Å²) in [6, 6.07) is 12.0. The molecule has 0 amide bonds. The predicted molar refractivity (Wildman–Crippen MR) is 93.4 cm³/mol. The number of benzene rings is 2. The summed E-state index contributed by atoms with van der Waals surface area (Å²) >= 11 is 0. The minimum atomic E-state index is -3.32. The Morgan fingerprint density at radius 3 is 2.15 bits per heavy atom. The molecule has 6 nitrogen and oxygen atoms in total. The number of carbonyl (C=O) groups is 1. The third-order valence-electron chi connectivity index (χ3n) is 3.63. The SMILES string of the molecule is CC(=O)On1cc(-c2ccc(F)cc2)c(-c2ccc(S(C)(=O)=O)cc2)n1. The van der Waals surface area contributed by atoms with Gasteiger partial charge in [0, 0.05) is 24.3 Å². The van der Waals surface area contributed by atoms with Gasteiger partial charge in [0.25, 0.3) is 0 Å². The van der Waals surface area contributed by atoms with E-state index in [4.69, 9.17) is 4.84 Å². The minimum Gasteiger partial charge on any atom is -0.320 e. The monoisotopic (exact) mass is 374 g/mol. The largest absolute Gasteiger partial charge is 0.331 e. The Bertz CT molecular complexity index is 1060. The van der Waals surface area contributed by atoms with Crippen LogP contribution in [0.3, 0.4) is 0 Å². The molecule has 1 heterocycles. The molecule has 0 saturated carbocycles. The average molecular weight is 374 g/mol. The Balaban J connectivity index is 2.11. The Morgan fingerprint density at radius 1 is 1.04 bits per heavy atom. The fraction of sp³-hybridized carbons (Fsp3) is 0.111. The van der Waals surface area contributed by atoms with Crippen LogP contribution in [0.15, 0.2) is 59.6 Å². The van der Waals surface area contributed by atoms with Crippen LogP contribution in [0.2, 0.25) is 0 Å². The van der Waals surface area contributed by atoms with Crippen molar-refractivity contribution in [2.45, 2.75) is 11.8 Å². The van der Waals surface area contributed by atoms with Crippen LogP contribution in [0.4, 0.5) is 4.39 Å². The van der Waals surface area contributed by atoms with Gasteiger partial charge in [0.05, 0.1) is 11.1 Å². The van der Waals surface area contributed by atoms with Crippen molar-refractivity contribution >= 4 is 15.8 Å². The van der Waals surface area contributed by atoms with Crippen molar-refractivity contribution in [3.8, 4) is 22.4 Å². The Hall–Kier alpha value is -3.00. The molecule has 0 radical (unpaired) electrons. The summed E-state index contributed by atoms with van der Waals surface area (Å²) in [5.41, 5.74) is 2.38. The number of halogens is 1. The molecule has 26 heavy (non-hydrogen) atoms. The number of hydrogen-bond donors (Lipinski definition) is 0. The summed E-state index contributed by atoms with van der Waals surface area (Å²) in [5.74, 6) is -0.919. The van der Waals surface area contributed by atoms with Gasteiger partial charge in [-0.05, 0) is 29.8 Å². The maximum Gasteiger partial charge on any atom is 0.331 e. The molecule has 134 valence electrons. The molecular weight excluding hydrogens is 359 g/mol. The molecule has 3 rings (SSSR count). The molecule has 0 spiro atoms. The molecule has 2 aromatic carbocycles. The van der Waals surface area contributed by atoms with Gasteiger partial charge in [-0.25, -0.2) is 17.6 Å². The molecule has 0 aliphatic carbocycles. The highest BCUT2D eigenvalue weighted by Gasteiger charge is 2.16. The van der Waals surface area contributed by atoms with Gasteiger partial charge in [0.2, 0.25) is 0 Å². The van der Waals surface area contributed by atoms with E-state index >= 15 is 0 Å². The lowest BCUT2D eigenvalue weighted by molar-refractivity contribution is -0.143. The van der Waals surface area contributed by atoms with E-state index in [2.05, 4.69) is 5.10 Å². The van der Waals surface area contributed by atoms with Crippen molar-refractivity contribution in [2.75, 3.05) is 6.26 Å². The van der Waals surface area contributed by atoms with Gasteiger partial charge in [-0.15, -0.1) is 5.10 Å². The molecule has 0 unspecified atom stereocenters. The van der Waals surface area contributed by atoms with E-state index in [-0.39, 0.29) is 10.7 Å². The highest BCUT2D eigenvalue weighted by atomic mass is 32.2. The first-order chi connectivity index (χ1) is 12.2. The van der Waals surface area contributed by atoms with Crippen LogP contribution in [-0.4, -0.2) is 30.6 Å². The van der Waals surface area contributed by atoms with Crippen molar-refractivity contribution < 1.29 is 22.4 Å². The Kier molecular flexibility index (Phi) is 4.60. The summed E-state index contributed by atoms with van der Waals surface area (Å²) in [5, 5.41) is 4.24. The Labute approximate surface area is 149 Å². The molecule has 1 aromatic heterocycles. The third kappa shape index (κ3) is 3.80. The molecule has 0 fully saturated rings. The molecular formula is C18H15FN2O4S. The maximum atomic E-state index is 13.2. The fourth-order valence-electron chi connectivity index (χ4n) is 2.45. The summed E-state index contributed by atoms with van der Waals surface area (Å²) in [4.78, 5) is 17.4. The van der Waals surface area contributed by atoms with Crippen molar-refractivity contribution in [3.63, 3.8) is 0 Å². The second kappa shape index (κ2) is 6.72. The van der Waals surface area contributed by atoms with Crippen LogP contribution in [-0.2, 0) is 14.6 Å². The van der Waals surface area contributed by atoms with Crippen LogP contribution in [0.5, 0.6) is 0 Å². The lowest BCUT2D eigenvalue weighted by atomic mass is 10.0. The Morgan fingerprint density at radius 2 is 1.62 bits per heavy atom. The van der Waals surface area contributed by atoms with Crippen molar-refractivity contribution in [3.05, 3.63) is 60.5 Å². The molecule has 0 N–H and O–H groups in total.